The van der Waals surface area contributed by atoms with Crippen LogP contribution in [0.4, 0.5) is 0 Å². The van der Waals surface area contributed by atoms with Gasteiger partial charge in [-0.15, -0.1) is 0 Å². The number of hydrogen-bond donors (Lipinski definition) is 2. The van der Waals surface area contributed by atoms with Gasteiger partial charge in [-0.2, -0.15) is 0 Å². The second-order valence-corrected chi connectivity index (χ2v) is 4.66. The molecule has 0 saturated heterocycles. The van der Waals surface area contributed by atoms with E-state index in [1.165, 1.54) is 0 Å². The average molecular weight is 259 g/mol. The Morgan fingerprint density at radius 2 is 2.06 bits per heavy atom. The van der Waals surface area contributed by atoms with Gasteiger partial charge in [0.05, 0.1) is 12.6 Å². The van der Waals surface area contributed by atoms with Crippen LogP contribution in [0.15, 0.2) is 0 Å². The molecule has 5 nitrogen and oxygen atoms in total. The second-order valence-electron chi connectivity index (χ2n) is 4.66. The third-order valence-electron chi connectivity index (χ3n) is 3.16. The number of ether oxygens (including phenoxy) is 1. The van der Waals surface area contributed by atoms with E-state index < -0.39 is 0 Å². The van der Waals surface area contributed by atoms with E-state index >= 15 is 0 Å². The molecule has 2 atom stereocenters. The third kappa shape index (κ3) is 6.93. The maximum atomic E-state index is 12.1. The normalized spacial score (nSPS) is 14.6. The van der Waals surface area contributed by atoms with Crippen LogP contribution >= 0.6 is 0 Å². The molecule has 0 aromatic rings. The van der Waals surface area contributed by atoms with Crippen molar-refractivity contribution in [1.82, 2.24) is 10.2 Å². The monoisotopic (exact) mass is 259 g/mol. The minimum absolute atomic E-state index is 0.0810. The predicted molar refractivity (Wildman–Crippen MR) is 74.5 cm³/mol. The molecule has 0 saturated carbocycles. The molecule has 0 aliphatic carbocycles. The van der Waals surface area contributed by atoms with Crippen molar-refractivity contribution < 1.29 is 9.53 Å². The molecule has 0 bridgehead atoms. The van der Waals surface area contributed by atoms with Gasteiger partial charge in [-0.05, 0) is 33.2 Å². The zero-order valence-corrected chi connectivity index (χ0v) is 12.2. The standard InChI is InChI=1S/C13H29N3O2/c1-5-11(2)15-13(17)12(3)16(8-6-7-14)9-10-18-4/h11-12H,5-10,14H2,1-4H3,(H,15,17). The minimum Gasteiger partial charge on any atom is -0.383 e. The van der Waals surface area contributed by atoms with Crippen molar-refractivity contribution in [3.8, 4) is 0 Å². The zero-order chi connectivity index (χ0) is 14.0. The van der Waals surface area contributed by atoms with E-state index in [1.807, 2.05) is 13.8 Å². The highest BCUT2D eigenvalue weighted by Crippen LogP contribution is 2.02. The van der Waals surface area contributed by atoms with Crippen molar-refractivity contribution in [2.75, 3.05) is 33.4 Å². The van der Waals surface area contributed by atoms with Gasteiger partial charge >= 0.3 is 0 Å². The molecule has 1 amide bonds. The van der Waals surface area contributed by atoms with E-state index in [0.717, 1.165) is 25.9 Å². The molecule has 0 spiro atoms. The maximum Gasteiger partial charge on any atom is 0.237 e. The van der Waals surface area contributed by atoms with Gasteiger partial charge in [0.2, 0.25) is 5.91 Å². The molecule has 3 N–H and O–H groups in total. The fourth-order valence-electron chi connectivity index (χ4n) is 1.63. The number of hydrogen-bond acceptors (Lipinski definition) is 4. The fraction of sp³-hybridized carbons (Fsp3) is 0.923. The Kier molecular flexibility index (Phi) is 9.92. The van der Waals surface area contributed by atoms with Crippen LogP contribution in [0.1, 0.15) is 33.6 Å². The molecule has 5 heteroatoms. The molecule has 0 rings (SSSR count). The van der Waals surface area contributed by atoms with Crippen LogP contribution in [-0.4, -0.2) is 56.2 Å². The Hall–Kier alpha value is -0.650. The summed E-state index contributed by atoms with van der Waals surface area (Å²) in [6.45, 7) is 8.87. The van der Waals surface area contributed by atoms with Crippen molar-refractivity contribution in [1.29, 1.82) is 0 Å². The van der Waals surface area contributed by atoms with Crippen LogP contribution in [0.3, 0.4) is 0 Å². The van der Waals surface area contributed by atoms with Crippen LogP contribution in [-0.2, 0) is 9.53 Å². The number of carbonyl (C=O) groups is 1. The summed E-state index contributed by atoms with van der Waals surface area (Å²) in [7, 11) is 1.67. The summed E-state index contributed by atoms with van der Waals surface area (Å²) in [5.41, 5.74) is 5.53. The maximum absolute atomic E-state index is 12.1. The highest BCUT2D eigenvalue weighted by Gasteiger charge is 2.21. The van der Waals surface area contributed by atoms with E-state index in [2.05, 4.69) is 17.1 Å². The first-order valence-corrected chi connectivity index (χ1v) is 6.80. The van der Waals surface area contributed by atoms with Gasteiger partial charge in [-0.1, -0.05) is 6.92 Å². The SMILES string of the molecule is CCC(C)NC(=O)C(C)N(CCCN)CCOC. The lowest BCUT2D eigenvalue weighted by Gasteiger charge is -2.28. The Labute approximate surface area is 111 Å². The number of rotatable bonds is 10. The summed E-state index contributed by atoms with van der Waals surface area (Å²) in [5, 5.41) is 3.01. The lowest BCUT2D eigenvalue weighted by molar-refractivity contribution is -0.126. The predicted octanol–water partition coefficient (Wildman–Crippen LogP) is 0.587. The van der Waals surface area contributed by atoms with Crippen molar-refractivity contribution in [2.24, 2.45) is 5.73 Å². The highest BCUT2D eigenvalue weighted by molar-refractivity contribution is 5.81. The number of amides is 1. The van der Waals surface area contributed by atoms with Crippen LogP contribution in [0.5, 0.6) is 0 Å². The Morgan fingerprint density at radius 3 is 2.56 bits per heavy atom. The van der Waals surface area contributed by atoms with Crippen LogP contribution in [0, 0.1) is 0 Å². The van der Waals surface area contributed by atoms with Gasteiger partial charge in [0.1, 0.15) is 0 Å². The second kappa shape index (κ2) is 10.3. The molecule has 0 heterocycles. The highest BCUT2D eigenvalue weighted by atomic mass is 16.5. The van der Waals surface area contributed by atoms with Crippen molar-refractivity contribution >= 4 is 5.91 Å². The molecular weight excluding hydrogens is 230 g/mol. The van der Waals surface area contributed by atoms with Crippen molar-refractivity contribution in [3.63, 3.8) is 0 Å². The van der Waals surface area contributed by atoms with Crippen molar-refractivity contribution in [3.05, 3.63) is 0 Å². The number of nitrogens with two attached hydrogens (primary N) is 1. The van der Waals surface area contributed by atoms with Gasteiger partial charge in [0.25, 0.3) is 0 Å². The molecule has 0 fully saturated rings. The summed E-state index contributed by atoms with van der Waals surface area (Å²) in [5.74, 6) is 0.0810. The Morgan fingerprint density at radius 1 is 1.39 bits per heavy atom. The van der Waals surface area contributed by atoms with E-state index in [0.29, 0.717) is 13.2 Å². The van der Waals surface area contributed by atoms with Gasteiger partial charge in [-0.25, -0.2) is 0 Å². The summed E-state index contributed by atoms with van der Waals surface area (Å²) in [4.78, 5) is 14.2. The summed E-state index contributed by atoms with van der Waals surface area (Å²) >= 11 is 0. The smallest absolute Gasteiger partial charge is 0.237 e. The van der Waals surface area contributed by atoms with Gasteiger partial charge in [0.15, 0.2) is 0 Å². The summed E-state index contributed by atoms with van der Waals surface area (Å²) in [6, 6.07) is 0.0828. The summed E-state index contributed by atoms with van der Waals surface area (Å²) in [6.07, 6.45) is 1.84. The van der Waals surface area contributed by atoms with Gasteiger partial charge < -0.3 is 15.8 Å². The summed E-state index contributed by atoms with van der Waals surface area (Å²) < 4.78 is 5.08. The van der Waals surface area contributed by atoms with E-state index in [-0.39, 0.29) is 18.0 Å². The largest absolute Gasteiger partial charge is 0.383 e. The van der Waals surface area contributed by atoms with Crippen LogP contribution < -0.4 is 11.1 Å². The van der Waals surface area contributed by atoms with Gasteiger partial charge in [-0.3, -0.25) is 9.69 Å². The van der Waals surface area contributed by atoms with Crippen LogP contribution in [0.2, 0.25) is 0 Å². The zero-order valence-electron chi connectivity index (χ0n) is 12.2. The van der Waals surface area contributed by atoms with Crippen molar-refractivity contribution in [2.45, 2.75) is 45.7 Å². The topological polar surface area (TPSA) is 67.6 Å². The quantitative estimate of drug-likeness (QED) is 0.602. The Bertz CT molecular complexity index is 216. The number of methoxy groups -OCH3 is 1. The molecule has 18 heavy (non-hydrogen) atoms. The fourth-order valence-corrected chi connectivity index (χ4v) is 1.63. The average Bonchev–Trinajstić information content (AvgIpc) is 2.37. The number of carbonyl (C=O) groups excluding carboxylic acids is 1. The van der Waals surface area contributed by atoms with E-state index in [4.69, 9.17) is 10.5 Å². The van der Waals surface area contributed by atoms with Gasteiger partial charge in [0, 0.05) is 26.2 Å². The molecule has 0 aromatic carbocycles. The molecule has 108 valence electrons. The first-order chi connectivity index (χ1) is 8.56. The molecular formula is C13H29N3O2. The lowest BCUT2D eigenvalue weighted by Crippen LogP contribution is -2.49. The lowest BCUT2D eigenvalue weighted by atomic mass is 10.2. The van der Waals surface area contributed by atoms with E-state index in [1.54, 1.807) is 7.11 Å². The molecule has 0 aromatic heterocycles. The Balaban J connectivity index is 4.32. The first-order valence-electron chi connectivity index (χ1n) is 6.80. The molecule has 0 radical (unpaired) electrons. The third-order valence-corrected chi connectivity index (χ3v) is 3.16. The molecule has 0 aliphatic rings. The minimum atomic E-state index is -0.138. The first kappa shape index (κ1) is 17.4. The number of nitrogens with one attached hydrogen (secondary N) is 1. The number of nitrogens with zero attached hydrogens (tertiary/aromatic N) is 1. The van der Waals surface area contributed by atoms with Crippen LogP contribution in [0.25, 0.3) is 0 Å². The van der Waals surface area contributed by atoms with E-state index in [9.17, 15) is 4.79 Å². The molecule has 2 unspecified atom stereocenters. The molecule has 0 aliphatic heterocycles.